The van der Waals surface area contributed by atoms with Crippen LogP contribution in [0.3, 0.4) is 0 Å². The summed E-state index contributed by atoms with van der Waals surface area (Å²) < 4.78 is 5.69. The molecule has 2 aromatic carbocycles. The number of nitrogens with zero attached hydrogens (tertiary/aromatic N) is 5. The van der Waals surface area contributed by atoms with Crippen LogP contribution in [0.5, 0.6) is 5.75 Å². The van der Waals surface area contributed by atoms with E-state index in [1.54, 1.807) is 12.3 Å². The summed E-state index contributed by atoms with van der Waals surface area (Å²) in [6, 6.07) is 11.8. The van der Waals surface area contributed by atoms with Crippen LogP contribution in [0.4, 0.5) is 5.95 Å². The number of nitrogens with one attached hydrogen (secondary N) is 3. The van der Waals surface area contributed by atoms with E-state index in [2.05, 4.69) is 31.6 Å². The molecular weight excluding hydrogens is 712 g/mol. The largest absolute Gasteiger partial charge is 0.483 e. The summed E-state index contributed by atoms with van der Waals surface area (Å²) in [5.41, 5.74) is 2.82. The molecule has 54 heavy (non-hydrogen) atoms. The van der Waals surface area contributed by atoms with Crippen LogP contribution < -0.4 is 15.4 Å². The Bertz CT molecular complexity index is 2090. The number of amides is 5. The first-order valence-electron chi connectivity index (χ1n) is 18.5. The minimum atomic E-state index is -1.06. The minimum Gasteiger partial charge on any atom is -0.483 e. The second kappa shape index (κ2) is 16.4. The SMILES string of the molecule is CN1C(=O)CCC(N2C(=O)c3cccc(OCC(=O)NCCCCCCCN4CC[C@@H](Nc5ncc(Cl)c(-c6c[nH]c7ccccc67)n5)C4)c3C2=O)C1=O. The monoisotopic (exact) mass is 754 g/mol. The third kappa shape index (κ3) is 7.80. The van der Waals surface area contributed by atoms with E-state index in [1.165, 1.54) is 19.2 Å². The summed E-state index contributed by atoms with van der Waals surface area (Å²) in [7, 11) is 1.34. The summed E-state index contributed by atoms with van der Waals surface area (Å²) in [5, 5.41) is 7.94. The summed E-state index contributed by atoms with van der Waals surface area (Å²) in [5.74, 6) is -1.89. The predicted molar refractivity (Wildman–Crippen MR) is 202 cm³/mol. The van der Waals surface area contributed by atoms with Gasteiger partial charge in [0.1, 0.15) is 11.8 Å². The highest BCUT2D eigenvalue weighted by atomic mass is 35.5. The normalized spacial score (nSPS) is 18.9. The predicted octanol–water partition coefficient (Wildman–Crippen LogP) is 4.65. The number of likely N-dealkylation sites (N-methyl/N-ethyl adjacent to an activating group) is 1. The lowest BCUT2D eigenvalue weighted by atomic mass is 10.0. The topological polar surface area (TPSA) is 170 Å². The van der Waals surface area contributed by atoms with Gasteiger partial charge in [0.25, 0.3) is 23.6 Å². The van der Waals surface area contributed by atoms with Crippen LogP contribution in [0.15, 0.2) is 54.9 Å². The van der Waals surface area contributed by atoms with E-state index in [0.29, 0.717) is 23.2 Å². The molecule has 0 spiro atoms. The average molecular weight is 755 g/mol. The Kier molecular flexibility index (Phi) is 11.2. The van der Waals surface area contributed by atoms with E-state index in [9.17, 15) is 24.0 Å². The average Bonchev–Trinajstić information content (AvgIpc) is 3.88. The van der Waals surface area contributed by atoms with Crippen molar-refractivity contribution in [1.29, 1.82) is 0 Å². The Morgan fingerprint density at radius 2 is 1.80 bits per heavy atom. The van der Waals surface area contributed by atoms with Crippen LogP contribution in [-0.2, 0) is 14.4 Å². The number of para-hydroxylation sites is 1. The Morgan fingerprint density at radius 1 is 0.981 bits per heavy atom. The first-order valence-corrected chi connectivity index (χ1v) is 18.9. The highest BCUT2D eigenvalue weighted by Crippen LogP contribution is 2.35. The minimum absolute atomic E-state index is 0.0230. The van der Waals surface area contributed by atoms with Crippen LogP contribution in [0.25, 0.3) is 22.2 Å². The van der Waals surface area contributed by atoms with Crippen molar-refractivity contribution in [3.63, 3.8) is 0 Å². The maximum atomic E-state index is 13.3. The number of benzene rings is 2. The molecule has 2 saturated heterocycles. The number of piperidine rings is 1. The molecule has 0 aliphatic carbocycles. The van der Waals surface area contributed by atoms with Gasteiger partial charge in [-0.05, 0) is 50.4 Å². The Labute approximate surface area is 317 Å². The molecule has 5 amide bonds. The van der Waals surface area contributed by atoms with Crippen molar-refractivity contribution < 1.29 is 28.7 Å². The first kappa shape index (κ1) is 37.0. The number of unbranched alkanes of at least 4 members (excludes halogenated alkanes) is 4. The van der Waals surface area contributed by atoms with E-state index < -0.39 is 23.8 Å². The first-order chi connectivity index (χ1) is 26.2. The highest BCUT2D eigenvalue weighted by molar-refractivity contribution is 6.33. The number of aromatic nitrogens is 3. The Morgan fingerprint density at radius 3 is 2.67 bits per heavy atom. The number of carbonyl (C=O) groups is 5. The van der Waals surface area contributed by atoms with Gasteiger partial charge in [0, 0.05) is 61.8 Å². The van der Waals surface area contributed by atoms with Crippen molar-refractivity contribution in [2.24, 2.45) is 0 Å². The number of fused-ring (bicyclic) bond motifs is 2. The number of rotatable bonds is 15. The molecule has 14 nitrogen and oxygen atoms in total. The van der Waals surface area contributed by atoms with Crippen molar-refractivity contribution >= 4 is 58.0 Å². The molecule has 2 fully saturated rings. The molecule has 3 aliphatic heterocycles. The molecule has 7 rings (SSSR count). The smallest absolute Gasteiger partial charge is 0.266 e. The number of carbonyl (C=O) groups excluding carboxylic acids is 5. The zero-order valence-corrected chi connectivity index (χ0v) is 30.9. The number of halogens is 1. The quantitative estimate of drug-likeness (QED) is 0.115. The molecule has 282 valence electrons. The number of ether oxygens (including phenoxy) is 1. The van der Waals surface area contributed by atoms with Crippen LogP contribution in [0.1, 0.15) is 72.1 Å². The lowest BCUT2D eigenvalue weighted by molar-refractivity contribution is -0.149. The molecule has 3 aliphatic rings. The van der Waals surface area contributed by atoms with Gasteiger partial charge in [0.15, 0.2) is 6.61 Å². The van der Waals surface area contributed by atoms with Crippen molar-refractivity contribution in [3.8, 4) is 17.0 Å². The van der Waals surface area contributed by atoms with Gasteiger partial charge in [-0.15, -0.1) is 0 Å². The second-order valence-corrected chi connectivity index (χ2v) is 14.4. The number of imide groups is 2. The van der Waals surface area contributed by atoms with Gasteiger partial charge < -0.3 is 25.3 Å². The van der Waals surface area contributed by atoms with Gasteiger partial charge in [-0.3, -0.25) is 33.8 Å². The van der Waals surface area contributed by atoms with Gasteiger partial charge >= 0.3 is 0 Å². The molecule has 0 bridgehead atoms. The number of anilines is 1. The standard InChI is InChI=1S/C39H43ClN8O6/c1-46-33(50)15-14-30(37(46)52)48-36(51)26-11-9-13-31(34(26)38(48)53)54-23-32(49)41-17-7-3-2-4-8-18-47-19-16-24(22-47)44-39-43-21-28(40)35(45-39)27-20-42-29-12-6-5-10-25(27)29/h5-6,9-13,20-21,24,30,42H,2-4,7-8,14-19,22-23H2,1H3,(H,41,49)(H,43,44,45)/t24-,30?/m1/s1. The molecule has 0 saturated carbocycles. The molecule has 4 aromatic rings. The maximum Gasteiger partial charge on any atom is 0.266 e. The van der Waals surface area contributed by atoms with Crippen molar-refractivity contribution in [2.45, 2.75) is 63.5 Å². The van der Waals surface area contributed by atoms with E-state index in [-0.39, 0.29) is 54.2 Å². The van der Waals surface area contributed by atoms with E-state index >= 15 is 0 Å². The second-order valence-electron chi connectivity index (χ2n) is 14.0. The molecule has 0 radical (unpaired) electrons. The fourth-order valence-electron chi connectivity index (χ4n) is 7.46. The van der Waals surface area contributed by atoms with Gasteiger partial charge in [-0.2, -0.15) is 0 Å². The molecule has 1 unspecified atom stereocenters. The molecule has 3 N–H and O–H groups in total. The zero-order chi connectivity index (χ0) is 37.8. The lowest BCUT2D eigenvalue weighted by Crippen LogP contribution is -2.54. The van der Waals surface area contributed by atoms with Gasteiger partial charge in [0.05, 0.1) is 28.0 Å². The fourth-order valence-corrected chi connectivity index (χ4v) is 7.65. The summed E-state index contributed by atoms with van der Waals surface area (Å²) in [4.78, 5) is 80.4. The number of aromatic amines is 1. The summed E-state index contributed by atoms with van der Waals surface area (Å²) >= 11 is 6.51. The summed E-state index contributed by atoms with van der Waals surface area (Å²) in [6.07, 6.45) is 9.80. The van der Waals surface area contributed by atoms with Crippen molar-refractivity contribution in [3.05, 3.63) is 71.0 Å². The summed E-state index contributed by atoms with van der Waals surface area (Å²) in [6.45, 7) is 3.15. The van der Waals surface area contributed by atoms with Crippen molar-refractivity contribution in [1.82, 2.24) is 35.0 Å². The fraction of sp³-hybridized carbons (Fsp3) is 0.410. The van der Waals surface area contributed by atoms with Crippen LogP contribution in [0, 0.1) is 0 Å². The molecule has 2 atom stereocenters. The van der Waals surface area contributed by atoms with E-state index in [1.807, 2.05) is 24.4 Å². The molecule has 15 heteroatoms. The highest BCUT2D eigenvalue weighted by Gasteiger charge is 2.47. The molecule has 2 aromatic heterocycles. The Hall–Kier alpha value is -5.34. The molecule has 5 heterocycles. The van der Waals surface area contributed by atoms with Gasteiger partial charge in [-0.25, -0.2) is 9.97 Å². The van der Waals surface area contributed by atoms with Gasteiger partial charge in [0.2, 0.25) is 11.9 Å². The lowest BCUT2D eigenvalue weighted by Gasteiger charge is -2.32. The Balaban J connectivity index is 0.776. The number of H-pyrrole nitrogens is 1. The third-order valence-corrected chi connectivity index (χ3v) is 10.6. The van der Waals surface area contributed by atoms with Crippen molar-refractivity contribution in [2.75, 3.05) is 45.2 Å². The maximum absolute atomic E-state index is 13.3. The number of likely N-dealkylation sites (tertiary alicyclic amines) is 2. The van der Waals surface area contributed by atoms with E-state index in [4.69, 9.17) is 21.3 Å². The van der Waals surface area contributed by atoms with Crippen LogP contribution >= 0.6 is 11.6 Å². The van der Waals surface area contributed by atoms with E-state index in [0.717, 1.165) is 84.4 Å². The number of hydrogen-bond acceptors (Lipinski definition) is 10. The zero-order valence-electron chi connectivity index (χ0n) is 30.1. The number of hydrogen-bond donors (Lipinski definition) is 3. The molecular formula is C39H43ClN8O6. The third-order valence-electron chi connectivity index (χ3n) is 10.4. The van der Waals surface area contributed by atoms with Crippen LogP contribution in [0.2, 0.25) is 5.02 Å². The van der Waals surface area contributed by atoms with Crippen LogP contribution in [-0.4, -0.2) is 111 Å². The van der Waals surface area contributed by atoms with Gasteiger partial charge in [-0.1, -0.05) is 55.1 Å².